The predicted molar refractivity (Wildman–Crippen MR) is 115 cm³/mol. The monoisotopic (exact) mass is 392 g/mol. The molecule has 4 rings (SSSR count). The third kappa shape index (κ3) is 3.64. The number of anilines is 1. The molecular weight excluding hydrogens is 368 g/mol. The summed E-state index contributed by atoms with van der Waals surface area (Å²) in [6.07, 6.45) is 4.50. The molecule has 1 fully saturated rings. The Labute approximate surface area is 169 Å². The standard InChI is InChI=1S/C22H24N4OS/c1-22(2,3)17-7-5-15(6-8-17)18-19(16-9-12-23-13-10-16)28-21(25-18)26-14-4-11-24-20(26)27/h5-10,12-13H,4,11,14H2,1-3H3,(H,24,27). The Bertz CT molecular complexity index is 974. The summed E-state index contributed by atoms with van der Waals surface area (Å²) < 4.78 is 0. The maximum absolute atomic E-state index is 12.3. The van der Waals surface area contributed by atoms with Crippen LogP contribution in [0, 0.1) is 0 Å². The minimum Gasteiger partial charge on any atom is -0.338 e. The van der Waals surface area contributed by atoms with Crippen LogP contribution in [-0.2, 0) is 5.41 Å². The molecule has 1 aliphatic heterocycles. The van der Waals surface area contributed by atoms with Gasteiger partial charge in [-0.2, -0.15) is 0 Å². The number of rotatable bonds is 3. The third-order valence-corrected chi connectivity index (χ3v) is 6.02. The van der Waals surface area contributed by atoms with Crippen LogP contribution in [0.25, 0.3) is 21.7 Å². The number of nitrogens with one attached hydrogen (secondary N) is 1. The first-order valence-electron chi connectivity index (χ1n) is 9.51. The molecular formula is C22H24N4OS. The van der Waals surface area contributed by atoms with E-state index in [1.165, 1.54) is 5.56 Å². The van der Waals surface area contributed by atoms with Crippen LogP contribution in [-0.4, -0.2) is 29.1 Å². The molecule has 2 aromatic heterocycles. The number of amides is 2. The predicted octanol–water partition coefficient (Wildman–Crippen LogP) is 5.09. The summed E-state index contributed by atoms with van der Waals surface area (Å²) in [7, 11) is 0. The fourth-order valence-corrected chi connectivity index (χ4v) is 4.38. The number of aromatic nitrogens is 2. The summed E-state index contributed by atoms with van der Waals surface area (Å²) in [4.78, 5) is 24.1. The zero-order valence-electron chi connectivity index (χ0n) is 16.4. The van der Waals surface area contributed by atoms with Gasteiger partial charge in [-0.1, -0.05) is 56.4 Å². The molecule has 0 spiro atoms. The van der Waals surface area contributed by atoms with E-state index in [0.29, 0.717) is 6.54 Å². The fraction of sp³-hybridized carbons (Fsp3) is 0.318. The van der Waals surface area contributed by atoms with Crippen LogP contribution in [0.5, 0.6) is 0 Å². The van der Waals surface area contributed by atoms with E-state index in [4.69, 9.17) is 4.98 Å². The molecule has 0 radical (unpaired) electrons. The average Bonchev–Trinajstić information content (AvgIpc) is 3.14. The van der Waals surface area contributed by atoms with E-state index in [0.717, 1.165) is 39.8 Å². The van der Waals surface area contributed by atoms with Crippen LogP contribution in [0.4, 0.5) is 9.93 Å². The maximum atomic E-state index is 12.3. The van der Waals surface area contributed by atoms with Crippen LogP contribution in [0.15, 0.2) is 48.8 Å². The third-order valence-electron chi connectivity index (χ3n) is 4.89. The van der Waals surface area contributed by atoms with Gasteiger partial charge in [0, 0.05) is 31.0 Å². The van der Waals surface area contributed by atoms with Gasteiger partial charge < -0.3 is 5.32 Å². The Kier molecular flexibility index (Phi) is 4.89. The lowest BCUT2D eigenvalue weighted by Crippen LogP contribution is -2.46. The minimum atomic E-state index is -0.0732. The lowest BCUT2D eigenvalue weighted by molar-refractivity contribution is 0.243. The normalized spacial score (nSPS) is 14.8. The Morgan fingerprint density at radius 3 is 2.39 bits per heavy atom. The molecule has 0 unspecified atom stereocenters. The first kappa shape index (κ1) is 18.6. The van der Waals surface area contributed by atoms with Crippen molar-refractivity contribution in [2.24, 2.45) is 0 Å². The molecule has 1 aromatic carbocycles. The van der Waals surface area contributed by atoms with Crippen molar-refractivity contribution < 1.29 is 4.79 Å². The summed E-state index contributed by atoms with van der Waals surface area (Å²) in [5.74, 6) is 0. The average molecular weight is 393 g/mol. The number of carbonyl (C=O) groups excluding carboxylic acids is 1. The van der Waals surface area contributed by atoms with Crippen LogP contribution < -0.4 is 10.2 Å². The Morgan fingerprint density at radius 2 is 1.75 bits per heavy atom. The van der Waals surface area contributed by atoms with Gasteiger partial charge >= 0.3 is 6.03 Å². The highest BCUT2D eigenvalue weighted by Crippen LogP contribution is 2.41. The van der Waals surface area contributed by atoms with E-state index < -0.39 is 0 Å². The SMILES string of the molecule is CC(C)(C)c1ccc(-c2nc(N3CCCNC3=O)sc2-c2ccncc2)cc1. The van der Waals surface area contributed by atoms with Gasteiger partial charge in [0.05, 0.1) is 10.6 Å². The molecule has 28 heavy (non-hydrogen) atoms. The number of carbonyl (C=O) groups is 1. The molecule has 0 atom stereocenters. The second-order valence-electron chi connectivity index (χ2n) is 7.97. The van der Waals surface area contributed by atoms with E-state index in [9.17, 15) is 4.79 Å². The van der Waals surface area contributed by atoms with Gasteiger partial charge in [0.2, 0.25) is 0 Å². The Morgan fingerprint density at radius 1 is 1.04 bits per heavy atom. The molecule has 2 amide bonds. The molecule has 1 aliphatic rings. The topological polar surface area (TPSA) is 58.1 Å². The smallest absolute Gasteiger partial charge is 0.323 e. The largest absolute Gasteiger partial charge is 0.338 e. The second-order valence-corrected chi connectivity index (χ2v) is 8.95. The van der Waals surface area contributed by atoms with Gasteiger partial charge in [-0.05, 0) is 35.1 Å². The molecule has 1 saturated heterocycles. The number of urea groups is 1. The van der Waals surface area contributed by atoms with Crippen molar-refractivity contribution in [3.8, 4) is 21.7 Å². The summed E-state index contributed by atoms with van der Waals surface area (Å²) in [6, 6.07) is 12.5. The van der Waals surface area contributed by atoms with Gasteiger partial charge in [0.1, 0.15) is 0 Å². The minimum absolute atomic E-state index is 0.0732. The second kappa shape index (κ2) is 7.36. The van der Waals surface area contributed by atoms with Crippen LogP contribution >= 0.6 is 11.3 Å². The van der Waals surface area contributed by atoms with Crippen LogP contribution in [0.2, 0.25) is 0 Å². The number of thiazole rings is 1. The van der Waals surface area contributed by atoms with Crippen molar-refractivity contribution in [3.63, 3.8) is 0 Å². The Balaban J connectivity index is 1.80. The van der Waals surface area contributed by atoms with Crippen LogP contribution in [0.1, 0.15) is 32.8 Å². The first-order chi connectivity index (χ1) is 13.4. The number of benzene rings is 1. The van der Waals surface area contributed by atoms with Gasteiger partial charge in [-0.15, -0.1) is 0 Å². The molecule has 3 heterocycles. The molecule has 144 valence electrons. The summed E-state index contributed by atoms with van der Waals surface area (Å²) in [5, 5.41) is 3.64. The highest BCUT2D eigenvalue weighted by Gasteiger charge is 2.25. The fourth-order valence-electron chi connectivity index (χ4n) is 3.26. The van der Waals surface area contributed by atoms with E-state index in [-0.39, 0.29) is 11.4 Å². The molecule has 6 heteroatoms. The number of nitrogens with zero attached hydrogens (tertiary/aromatic N) is 3. The number of hydrogen-bond donors (Lipinski definition) is 1. The highest BCUT2D eigenvalue weighted by molar-refractivity contribution is 7.19. The van der Waals surface area contributed by atoms with Crippen molar-refractivity contribution in [1.29, 1.82) is 0 Å². The summed E-state index contributed by atoms with van der Waals surface area (Å²) in [6.45, 7) is 8.04. The molecule has 1 N–H and O–H groups in total. The molecule has 0 aliphatic carbocycles. The Hall–Kier alpha value is -2.73. The summed E-state index contributed by atoms with van der Waals surface area (Å²) >= 11 is 1.55. The van der Waals surface area contributed by atoms with Crippen molar-refractivity contribution in [2.45, 2.75) is 32.6 Å². The zero-order chi connectivity index (χ0) is 19.7. The van der Waals surface area contributed by atoms with Crippen molar-refractivity contribution in [2.75, 3.05) is 18.0 Å². The molecule has 5 nitrogen and oxygen atoms in total. The van der Waals surface area contributed by atoms with Crippen LogP contribution in [0.3, 0.4) is 0 Å². The number of pyridine rings is 1. The first-order valence-corrected chi connectivity index (χ1v) is 10.3. The van der Waals surface area contributed by atoms with E-state index >= 15 is 0 Å². The summed E-state index contributed by atoms with van der Waals surface area (Å²) in [5.41, 5.74) is 4.41. The quantitative estimate of drug-likeness (QED) is 0.675. The van der Waals surface area contributed by atoms with Gasteiger partial charge in [0.15, 0.2) is 5.13 Å². The lowest BCUT2D eigenvalue weighted by Gasteiger charge is -2.24. The van der Waals surface area contributed by atoms with E-state index in [2.05, 4.69) is 55.3 Å². The maximum Gasteiger partial charge on any atom is 0.323 e. The van der Waals surface area contributed by atoms with E-state index in [1.807, 2.05) is 12.1 Å². The van der Waals surface area contributed by atoms with Crippen molar-refractivity contribution in [3.05, 3.63) is 54.4 Å². The van der Waals surface area contributed by atoms with Gasteiger partial charge in [-0.3, -0.25) is 9.88 Å². The van der Waals surface area contributed by atoms with Crippen molar-refractivity contribution >= 4 is 22.5 Å². The molecule has 3 aromatic rings. The molecule has 0 saturated carbocycles. The highest BCUT2D eigenvalue weighted by atomic mass is 32.1. The molecule has 0 bridgehead atoms. The van der Waals surface area contributed by atoms with Gasteiger partial charge in [0.25, 0.3) is 0 Å². The van der Waals surface area contributed by atoms with Crippen molar-refractivity contribution in [1.82, 2.24) is 15.3 Å². The van der Waals surface area contributed by atoms with E-state index in [1.54, 1.807) is 28.6 Å². The lowest BCUT2D eigenvalue weighted by atomic mass is 9.86. The zero-order valence-corrected chi connectivity index (χ0v) is 17.2. The number of hydrogen-bond acceptors (Lipinski definition) is 4. The van der Waals surface area contributed by atoms with Gasteiger partial charge in [-0.25, -0.2) is 9.78 Å².